The largest absolute Gasteiger partial charge is 0.322 e. The van der Waals surface area contributed by atoms with E-state index in [1.54, 1.807) is 0 Å². The Kier molecular flexibility index (Phi) is 5.21. The molecule has 0 spiro atoms. The smallest absolute Gasteiger partial charge is 0.255 e. The van der Waals surface area contributed by atoms with Gasteiger partial charge in [0.2, 0.25) is 0 Å². The third kappa shape index (κ3) is 3.62. The summed E-state index contributed by atoms with van der Waals surface area (Å²) in [7, 11) is 0. The molecule has 0 atom stereocenters. The Morgan fingerprint density at radius 3 is 2.55 bits per heavy atom. The molecular formula is C16H15BrClNO. The standard InChI is InChI=1S/C16H15BrClNO/c1-11-14(3-2-4-15(11)17)16(20)19-13-7-5-12(6-8-13)9-10-18/h2-8H,9-10H2,1H3,(H,19,20). The molecule has 0 saturated carbocycles. The maximum atomic E-state index is 12.2. The van der Waals surface area contributed by atoms with Gasteiger partial charge >= 0.3 is 0 Å². The Bertz CT molecular complexity index is 610. The van der Waals surface area contributed by atoms with E-state index in [9.17, 15) is 4.79 Å². The molecule has 0 aliphatic carbocycles. The fourth-order valence-electron chi connectivity index (χ4n) is 1.92. The van der Waals surface area contributed by atoms with Crippen LogP contribution in [0, 0.1) is 6.92 Å². The Hall–Kier alpha value is -1.32. The minimum absolute atomic E-state index is 0.103. The van der Waals surface area contributed by atoms with Crippen LogP contribution in [0.2, 0.25) is 0 Å². The first-order valence-corrected chi connectivity index (χ1v) is 7.66. The summed E-state index contributed by atoms with van der Waals surface area (Å²) in [6.07, 6.45) is 0.834. The minimum Gasteiger partial charge on any atom is -0.322 e. The highest BCUT2D eigenvalue weighted by Gasteiger charge is 2.10. The van der Waals surface area contributed by atoms with E-state index < -0.39 is 0 Å². The second-order valence-electron chi connectivity index (χ2n) is 4.50. The molecule has 0 heterocycles. The van der Waals surface area contributed by atoms with Crippen LogP contribution in [-0.4, -0.2) is 11.8 Å². The van der Waals surface area contributed by atoms with Crippen LogP contribution >= 0.6 is 27.5 Å². The number of carbonyl (C=O) groups is 1. The van der Waals surface area contributed by atoms with Gasteiger partial charge in [-0.05, 0) is 48.7 Å². The van der Waals surface area contributed by atoms with Crippen LogP contribution in [0.15, 0.2) is 46.9 Å². The highest BCUT2D eigenvalue weighted by Crippen LogP contribution is 2.20. The van der Waals surface area contributed by atoms with E-state index >= 15 is 0 Å². The minimum atomic E-state index is -0.103. The summed E-state index contributed by atoms with van der Waals surface area (Å²) in [5, 5.41) is 2.90. The van der Waals surface area contributed by atoms with Crippen LogP contribution in [0.1, 0.15) is 21.5 Å². The van der Waals surface area contributed by atoms with Crippen molar-refractivity contribution in [3.8, 4) is 0 Å². The molecule has 104 valence electrons. The lowest BCUT2D eigenvalue weighted by Crippen LogP contribution is -2.13. The van der Waals surface area contributed by atoms with E-state index in [2.05, 4.69) is 21.2 Å². The number of hydrogen-bond donors (Lipinski definition) is 1. The lowest BCUT2D eigenvalue weighted by atomic mass is 10.1. The van der Waals surface area contributed by atoms with Gasteiger partial charge in [-0.25, -0.2) is 0 Å². The van der Waals surface area contributed by atoms with Crippen molar-refractivity contribution in [3.05, 3.63) is 63.6 Å². The molecule has 0 radical (unpaired) electrons. The number of halogens is 2. The molecule has 1 amide bonds. The van der Waals surface area contributed by atoms with Crippen LogP contribution in [0.3, 0.4) is 0 Å². The van der Waals surface area contributed by atoms with Crippen molar-refractivity contribution < 1.29 is 4.79 Å². The van der Waals surface area contributed by atoms with Crippen LogP contribution < -0.4 is 5.32 Å². The molecule has 0 aliphatic heterocycles. The van der Waals surface area contributed by atoms with Crippen molar-refractivity contribution in [1.82, 2.24) is 0 Å². The predicted molar refractivity (Wildman–Crippen MR) is 87.7 cm³/mol. The molecule has 0 fully saturated rings. The van der Waals surface area contributed by atoms with Gasteiger partial charge in [-0.2, -0.15) is 0 Å². The van der Waals surface area contributed by atoms with E-state index in [0.29, 0.717) is 11.4 Å². The van der Waals surface area contributed by atoms with E-state index in [4.69, 9.17) is 11.6 Å². The second-order valence-corrected chi connectivity index (χ2v) is 5.73. The molecule has 4 heteroatoms. The van der Waals surface area contributed by atoms with Gasteiger partial charge in [0.05, 0.1) is 0 Å². The third-order valence-electron chi connectivity index (χ3n) is 3.11. The van der Waals surface area contributed by atoms with Gasteiger partial charge in [-0.3, -0.25) is 4.79 Å². The van der Waals surface area contributed by atoms with E-state index in [1.165, 1.54) is 0 Å². The van der Waals surface area contributed by atoms with Gasteiger partial charge < -0.3 is 5.32 Å². The molecule has 0 aromatic heterocycles. The Morgan fingerprint density at radius 2 is 1.90 bits per heavy atom. The number of carbonyl (C=O) groups excluding carboxylic acids is 1. The van der Waals surface area contributed by atoms with Gasteiger partial charge in [0, 0.05) is 21.6 Å². The Balaban J connectivity index is 2.13. The molecule has 2 aromatic carbocycles. The molecule has 0 aliphatic rings. The fourth-order valence-corrected chi connectivity index (χ4v) is 2.50. The maximum absolute atomic E-state index is 12.2. The number of benzene rings is 2. The molecule has 0 saturated heterocycles. The first-order valence-electron chi connectivity index (χ1n) is 6.33. The quantitative estimate of drug-likeness (QED) is 0.787. The predicted octanol–water partition coefficient (Wildman–Crippen LogP) is 4.79. The van der Waals surface area contributed by atoms with Crippen molar-refractivity contribution in [2.75, 3.05) is 11.2 Å². The fraction of sp³-hybridized carbons (Fsp3) is 0.188. The highest BCUT2D eigenvalue weighted by atomic mass is 79.9. The number of nitrogens with one attached hydrogen (secondary N) is 1. The van der Waals surface area contributed by atoms with Crippen molar-refractivity contribution >= 4 is 39.1 Å². The normalized spacial score (nSPS) is 10.3. The zero-order valence-electron chi connectivity index (χ0n) is 11.1. The van der Waals surface area contributed by atoms with Crippen LogP contribution in [-0.2, 0) is 6.42 Å². The topological polar surface area (TPSA) is 29.1 Å². The van der Waals surface area contributed by atoms with Gasteiger partial charge in [0.25, 0.3) is 5.91 Å². The number of anilines is 1. The molecule has 2 rings (SSSR count). The summed E-state index contributed by atoms with van der Waals surface area (Å²) in [5.41, 5.74) is 3.55. The summed E-state index contributed by atoms with van der Waals surface area (Å²) in [6, 6.07) is 13.3. The number of rotatable bonds is 4. The highest BCUT2D eigenvalue weighted by molar-refractivity contribution is 9.10. The zero-order chi connectivity index (χ0) is 14.5. The van der Waals surface area contributed by atoms with Gasteiger partial charge in [0.1, 0.15) is 0 Å². The summed E-state index contributed by atoms with van der Waals surface area (Å²) in [6.45, 7) is 1.92. The molecule has 1 N–H and O–H groups in total. The van der Waals surface area contributed by atoms with E-state index in [1.807, 2.05) is 49.4 Å². The van der Waals surface area contributed by atoms with Crippen LogP contribution in [0.4, 0.5) is 5.69 Å². The maximum Gasteiger partial charge on any atom is 0.255 e. The molecule has 0 bridgehead atoms. The van der Waals surface area contributed by atoms with Crippen molar-refractivity contribution in [2.24, 2.45) is 0 Å². The molecule has 2 nitrogen and oxygen atoms in total. The van der Waals surface area contributed by atoms with Crippen LogP contribution in [0.25, 0.3) is 0 Å². The van der Waals surface area contributed by atoms with Crippen molar-refractivity contribution in [3.63, 3.8) is 0 Å². The molecular weight excluding hydrogens is 338 g/mol. The summed E-state index contributed by atoms with van der Waals surface area (Å²) < 4.78 is 0.933. The number of aryl methyl sites for hydroxylation is 1. The summed E-state index contributed by atoms with van der Waals surface area (Å²) in [4.78, 5) is 12.2. The van der Waals surface area contributed by atoms with Gasteiger partial charge in [-0.1, -0.05) is 34.1 Å². The zero-order valence-corrected chi connectivity index (χ0v) is 13.5. The lowest BCUT2D eigenvalue weighted by Gasteiger charge is -2.09. The number of amides is 1. The average Bonchev–Trinajstić information content (AvgIpc) is 2.44. The molecule has 20 heavy (non-hydrogen) atoms. The van der Waals surface area contributed by atoms with Crippen molar-refractivity contribution in [1.29, 1.82) is 0 Å². The first-order chi connectivity index (χ1) is 9.61. The van der Waals surface area contributed by atoms with E-state index in [0.717, 1.165) is 27.7 Å². The SMILES string of the molecule is Cc1c(Br)cccc1C(=O)Nc1ccc(CCCl)cc1. The lowest BCUT2D eigenvalue weighted by molar-refractivity contribution is 0.102. The third-order valence-corrected chi connectivity index (χ3v) is 4.16. The molecule has 2 aromatic rings. The second kappa shape index (κ2) is 6.91. The van der Waals surface area contributed by atoms with E-state index in [-0.39, 0.29) is 5.91 Å². The average molecular weight is 353 g/mol. The van der Waals surface area contributed by atoms with Crippen LogP contribution in [0.5, 0.6) is 0 Å². The van der Waals surface area contributed by atoms with Gasteiger partial charge in [0.15, 0.2) is 0 Å². The number of hydrogen-bond acceptors (Lipinski definition) is 1. The molecule has 0 unspecified atom stereocenters. The van der Waals surface area contributed by atoms with Gasteiger partial charge in [-0.15, -0.1) is 11.6 Å². The Morgan fingerprint density at radius 1 is 1.20 bits per heavy atom. The first kappa shape index (κ1) is 15.1. The summed E-state index contributed by atoms with van der Waals surface area (Å²) >= 11 is 9.13. The summed E-state index contributed by atoms with van der Waals surface area (Å²) in [5.74, 6) is 0.497. The monoisotopic (exact) mass is 351 g/mol. The van der Waals surface area contributed by atoms with Crippen molar-refractivity contribution in [2.45, 2.75) is 13.3 Å². The number of alkyl halides is 1. The Labute approximate surface area is 132 Å².